The third kappa shape index (κ3) is 8.23. The van der Waals surface area contributed by atoms with Crippen LogP contribution in [0.1, 0.15) is 61.2 Å². The lowest BCUT2D eigenvalue weighted by Gasteiger charge is -2.36. The number of aromatic nitrogens is 2. The first-order valence-electron chi connectivity index (χ1n) is 15.9. The van der Waals surface area contributed by atoms with Gasteiger partial charge in [0.2, 0.25) is 11.8 Å². The maximum Gasteiger partial charge on any atom is 0.224 e. The Balaban J connectivity index is 1.08. The minimum atomic E-state index is -0.667. The highest BCUT2D eigenvalue weighted by Crippen LogP contribution is 2.39. The van der Waals surface area contributed by atoms with E-state index < -0.39 is 6.29 Å². The maximum atomic E-state index is 12.8. The fraction of sp³-hybridized carbons (Fsp3) is 0.270. The fourth-order valence-electron chi connectivity index (χ4n) is 5.79. The molecule has 3 atom stereocenters. The lowest BCUT2D eigenvalue weighted by atomic mass is 10.00. The molecule has 1 saturated heterocycles. The van der Waals surface area contributed by atoms with Gasteiger partial charge in [0.05, 0.1) is 54.1 Å². The third-order valence-electron chi connectivity index (χ3n) is 8.28. The van der Waals surface area contributed by atoms with E-state index >= 15 is 0 Å². The highest BCUT2D eigenvalue weighted by molar-refractivity contribution is 5.94. The molecule has 242 valence electrons. The Morgan fingerprint density at radius 2 is 1.60 bits per heavy atom. The number of ether oxygens (including phenoxy) is 2. The number of amides is 2. The molecule has 2 heterocycles. The number of benzene rings is 4. The van der Waals surface area contributed by atoms with Gasteiger partial charge in [0, 0.05) is 30.5 Å². The summed E-state index contributed by atoms with van der Waals surface area (Å²) in [6, 6.07) is 30.4. The number of nitrogen functional groups attached to an aromatic ring is 1. The molecule has 3 unspecified atom stereocenters. The zero-order valence-electron chi connectivity index (χ0n) is 26.0. The normalized spacial score (nSPS) is 17.8. The molecule has 6 rings (SSSR count). The molecule has 2 amide bonds. The van der Waals surface area contributed by atoms with Crippen LogP contribution in [-0.4, -0.2) is 32.6 Å². The first-order chi connectivity index (χ1) is 22.9. The number of nitrogens with zero attached hydrogens (tertiary/aromatic N) is 2. The zero-order chi connectivity index (χ0) is 32.6. The topological polar surface area (TPSA) is 141 Å². The van der Waals surface area contributed by atoms with Crippen LogP contribution in [0.15, 0.2) is 103 Å². The molecule has 0 aliphatic carbocycles. The lowest BCUT2D eigenvalue weighted by molar-refractivity contribution is -0.252. The van der Waals surface area contributed by atoms with Crippen LogP contribution in [0.5, 0.6) is 0 Å². The second-order valence-electron chi connectivity index (χ2n) is 11.8. The lowest BCUT2D eigenvalue weighted by Crippen LogP contribution is -2.32. The number of anilines is 3. The molecule has 10 nitrogen and oxygen atoms in total. The SMILES string of the molecule is Nc1ccccc1NC(=O)CCCCC(=O)Nc1cccc(C2OC(Cn3cnc4ccccc43)CC(c3ccc(CO)cc3)O2)c1. The van der Waals surface area contributed by atoms with Crippen LogP contribution in [0.4, 0.5) is 17.1 Å². The van der Waals surface area contributed by atoms with Gasteiger partial charge in [-0.05, 0) is 60.4 Å². The summed E-state index contributed by atoms with van der Waals surface area (Å²) < 4.78 is 15.1. The average Bonchev–Trinajstić information content (AvgIpc) is 3.50. The van der Waals surface area contributed by atoms with Crippen molar-refractivity contribution in [1.82, 2.24) is 9.55 Å². The Morgan fingerprint density at radius 1 is 0.851 bits per heavy atom. The molecule has 0 bridgehead atoms. The van der Waals surface area contributed by atoms with Crippen LogP contribution in [-0.2, 0) is 32.2 Å². The molecule has 5 aromatic rings. The Kier molecular flexibility index (Phi) is 10.2. The van der Waals surface area contributed by atoms with Crippen molar-refractivity contribution in [3.63, 3.8) is 0 Å². The van der Waals surface area contributed by atoms with Gasteiger partial charge in [0.25, 0.3) is 0 Å². The van der Waals surface area contributed by atoms with E-state index in [1.165, 1.54) is 0 Å². The van der Waals surface area contributed by atoms with Crippen molar-refractivity contribution in [2.24, 2.45) is 0 Å². The number of carbonyl (C=O) groups excluding carboxylic acids is 2. The maximum absolute atomic E-state index is 12.8. The van der Waals surface area contributed by atoms with Crippen molar-refractivity contribution in [3.8, 4) is 0 Å². The van der Waals surface area contributed by atoms with E-state index in [1.807, 2.05) is 91.3 Å². The molecule has 0 saturated carbocycles. The Labute approximate surface area is 273 Å². The molecule has 10 heteroatoms. The van der Waals surface area contributed by atoms with Gasteiger partial charge in [-0.15, -0.1) is 0 Å². The number of fused-ring (bicyclic) bond motifs is 1. The number of aliphatic hydroxyl groups is 1. The Hall–Kier alpha value is -5.03. The summed E-state index contributed by atoms with van der Waals surface area (Å²) in [5, 5.41) is 15.3. The van der Waals surface area contributed by atoms with Gasteiger partial charge in [-0.1, -0.05) is 60.7 Å². The van der Waals surface area contributed by atoms with E-state index in [4.69, 9.17) is 15.2 Å². The van der Waals surface area contributed by atoms with Gasteiger partial charge < -0.3 is 35.5 Å². The van der Waals surface area contributed by atoms with Crippen LogP contribution in [0.2, 0.25) is 0 Å². The van der Waals surface area contributed by atoms with Gasteiger partial charge in [0.1, 0.15) is 0 Å². The second kappa shape index (κ2) is 15.0. The predicted molar refractivity (Wildman–Crippen MR) is 181 cm³/mol. The molecular weight excluding hydrogens is 594 g/mol. The number of nitrogens with two attached hydrogens (primary N) is 1. The summed E-state index contributed by atoms with van der Waals surface area (Å²) in [5.41, 5.74) is 12.2. The van der Waals surface area contributed by atoms with Crippen molar-refractivity contribution in [3.05, 3.63) is 120 Å². The van der Waals surface area contributed by atoms with Crippen LogP contribution < -0.4 is 16.4 Å². The zero-order valence-corrected chi connectivity index (χ0v) is 26.0. The van der Waals surface area contributed by atoms with E-state index in [0.29, 0.717) is 49.3 Å². The van der Waals surface area contributed by atoms with Gasteiger partial charge in [0.15, 0.2) is 6.29 Å². The molecule has 1 fully saturated rings. The third-order valence-corrected chi connectivity index (χ3v) is 8.28. The molecule has 47 heavy (non-hydrogen) atoms. The van der Waals surface area contributed by atoms with Gasteiger partial charge in [-0.25, -0.2) is 4.98 Å². The van der Waals surface area contributed by atoms with Crippen LogP contribution in [0.3, 0.4) is 0 Å². The molecule has 1 aliphatic rings. The highest BCUT2D eigenvalue weighted by Gasteiger charge is 2.33. The molecule has 0 spiro atoms. The summed E-state index contributed by atoms with van der Waals surface area (Å²) in [6.45, 7) is 0.574. The number of hydrogen-bond acceptors (Lipinski definition) is 7. The Bertz CT molecular complexity index is 1820. The molecule has 1 aromatic heterocycles. The summed E-state index contributed by atoms with van der Waals surface area (Å²) in [7, 11) is 0. The summed E-state index contributed by atoms with van der Waals surface area (Å²) >= 11 is 0. The number of hydrogen-bond donors (Lipinski definition) is 4. The predicted octanol–water partition coefficient (Wildman–Crippen LogP) is 6.49. The number of unbranched alkanes of at least 4 members (excludes halogenated alkanes) is 1. The number of nitrogens with one attached hydrogen (secondary N) is 2. The minimum absolute atomic E-state index is 0.0223. The number of rotatable bonds is 12. The van der Waals surface area contributed by atoms with E-state index in [-0.39, 0.29) is 37.0 Å². The fourth-order valence-corrected chi connectivity index (χ4v) is 5.79. The Morgan fingerprint density at radius 3 is 2.38 bits per heavy atom. The highest BCUT2D eigenvalue weighted by atomic mass is 16.7. The van der Waals surface area contributed by atoms with E-state index in [2.05, 4.69) is 20.2 Å². The van der Waals surface area contributed by atoms with Crippen molar-refractivity contribution in [1.29, 1.82) is 0 Å². The number of imidazole rings is 1. The van der Waals surface area contributed by atoms with Crippen molar-refractivity contribution in [2.75, 3.05) is 16.4 Å². The van der Waals surface area contributed by atoms with Crippen molar-refractivity contribution in [2.45, 2.75) is 63.8 Å². The molecule has 1 aliphatic heterocycles. The van der Waals surface area contributed by atoms with Gasteiger partial charge in [-0.3, -0.25) is 9.59 Å². The summed E-state index contributed by atoms with van der Waals surface area (Å²) in [4.78, 5) is 29.6. The number of para-hydroxylation sites is 4. The van der Waals surface area contributed by atoms with Gasteiger partial charge in [-0.2, -0.15) is 0 Å². The van der Waals surface area contributed by atoms with Crippen molar-refractivity contribution < 1.29 is 24.2 Å². The quantitative estimate of drug-likeness (QED) is 0.0909. The molecular formula is C37H39N5O5. The van der Waals surface area contributed by atoms with Crippen LogP contribution in [0, 0.1) is 0 Å². The van der Waals surface area contributed by atoms with E-state index in [1.54, 1.807) is 12.1 Å². The number of carbonyl (C=O) groups is 2. The van der Waals surface area contributed by atoms with Crippen LogP contribution in [0.25, 0.3) is 11.0 Å². The van der Waals surface area contributed by atoms with E-state index in [0.717, 1.165) is 27.7 Å². The first kappa shape index (κ1) is 31.9. The average molecular weight is 634 g/mol. The van der Waals surface area contributed by atoms with E-state index in [9.17, 15) is 14.7 Å². The largest absolute Gasteiger partial charge is 0.397 e. The minimum Gasteiger partial charge on any atom is -0.397 e. The second-order valence-corrected chi connectivity index (χ2v) is 11.8. The standard InChI is InChI=1S/C37H39N5O5/c38-30-10-1-2-11-31(30)41-36(45)15-6-5-14-35(44)40-28-9-7-8-27(20-28)37-46-29(22-42-24-39-32-12-3-4-13-33(32)42)21-34(47-37)26-18-16-25(23-43)17-19-26/h1-4,7-13,16-20,24,29,34,37,43H,5-6,14-15,21-23,38H2,(H,40,44)(H,41,45). The first-order valence-corrected chi connectivity index (χ1v) is 15.9. The van der Waals surface area contributed by atoms with Crippen molar-refractivity contribution >= 4 is 39.9 Å². The summed E-state index contributed by atoms with van der Waals surface area (Å²) in [5.74, 6) is -0.266. The smallest absolute Gasteiger partial charge is 0.224 e. The monoisotopic (exact) mass is 633 g/mol. The number of aliphatic hydroxyl groups excluding tert-OH is 1. The molecule has 5 N–H and O–H groups in total. The summed E-state index contributed by atoms with van der Waals surface area (Å²) in [6.07, 6.45) is 3.11. The molecule has 4 aromatic carbocycles. The van der Waals surface area contributed by atoms with Gasteiger partial charge >= 0.3 is 0 Å². The van der Waals surface area contributed by atoms with Crippen LogP contribution >= 0.6 is 0 Å². The molecule has 0 radical (unpaired) electrons.